The summed E-state index contributed by atoms with van der Waals surface area (Å²) < 4.78 is 12.0. The highest BCUT2D eigenvalue weighted by molar-refractivity contribution is 5.96. The summed E-state index contributed by atoms with van der Waals surface area (Å²) in [5.41, 5.74) is 2.12. The number of carbonyl (C=O) groups is 1. The van der Waals surface area contributed by atoms with Crippen LogP contribution in [-0.4, -0.2) is 19.0 Å². The van der Waals surface area contributed by atoms with Crippen LogP contribution in [0.2, 0.25) is 0 Å². The molecule has 4 bridgehead atoms. The van der Waals surface area contributed by atoms with Crippen LogP contribution in [-0.2, 0) is 4.79 Å². The SMILES string of the molecule is COc1ccc([C@H]2c3c(ccc4ccccc34)O[C@@H]2C(=O)C23CC4CC(CC(C4)C2)C3)cc1. The number of methoxy groups -OCH3 is 1. The van der Waals surface area contributed by atoms with Crippen molar-refractivity contribution < 1.29 is 14.3 Å². The highest BCUT2D eigenvalue weighted by Gasteiger charge is 2.58. The lowest BCUT2D eigenvalue weighted by Gasteiger charge is -2.56. The van der Waals surface area contributed by atoms with E-state index in [1.54, 1.807) is 7.11 Å². The summed E-state index contributed by atoms with van der Waals surface area (Å²) in [6.07, 6.45) is 6.79. The lowest BCUT2D eigenvalue weighted by molar-refractivity contribution is -0.151. The Hall–Kier alpha value is -2.81. The van der Waals surface area contributed by atoms with Gasteiger partial charge in [-0.2, -0.15) is 0 Å². The molecule has 168 valence electrons. The fourth-order valence-electron chi connectivity index (χ4n) is 8.13. The number of Topliss-reactive ketones (excluding diaryl/α,β-unsaturated/α-hetero) is 1. The topological polar surface area (TPSA) is 35.5 Å². The van der Waals surface area contributed by atoms with E-state index in [1.807, 2.05) is 12.1 Å². The summed E-state index contributed by atoms with van der Waals surface area (Å²) in [5.74, 6) is 4.20. The van der Waals surface area contributed by atoms with E-state index in [-0.39, 0.29) is 11.3 Å². The molecule has 8 rings (SSSR count). The van der Waals surface area contributed by atoms with Crippen molar-refractivity contribution in [2.75, 3.05) is 7.11 Å². The Morgan fingerprint density at radius 2 is 1.55 bits per heavy atom. The van der Waals surface area contributed by atoms with Gasteiger partial charge in [0, 0.05) is 11.0 Å². The van der Waals surface area contributed by atoms with Gasteiger partial charge in [-0.3, -0.25) is 4.79 Å². The quantitative estimate of drug-likeness (QED) is 0.465. The van der Waals surface area contributed by atoms with Gasteiger partial charge in [0.1, 0.15) is 11.5 Å². The second kappa shape index (κ2) is 7.09. The molecule has 1 aliphatic heterocycles. The van der Waals surface area contributed by atoms with E-state index in [9.17, 15) is 4.79 Å². The molecule has 4 fully saturated rings. The van der Waals surface area contributed by atoms with Crippen LogP contribution in [0.25, 0.3) is 10.8 Å². The van der Waals surface area contributed by atoms with Crippen LogP contribution in [0.15, 0.2) is 60.7 Å². The molecule has 3 heteroatoms. The highest BCUT2D eigenvalue weighted by Crippen LogP contribution is 2.62. The first-order valence-electron chi connectivity index (χ1n) is 12.5. The van der Waals surface area contributed by atoms with Gasteiger partial charge in [-0.15, -0.1) is 0 Å². The third kappa shape index (κ3) is 2.90. The minimum absolute atomic E-state index is 0.0856. The average molecular weight is 439 g/mol. The first-order valence-corrected chi connectivity index (χ1v) is 12.5. The minimum atomic E-state index is -0.449. The zero-order valence-corrected chi connectivity index (χ0v) is 19.1. The van der Waals surface area contributed by atoms with Crippen LogP contribution in [0.5, 0.6) is 11.5 Å². The summed E-state index contributed by atoms with van der Waals surface area (Å²) in [6.45, 7) is 0. The summed E-state index contributed by atoms with van der Waals surface area (Å²) >= 11 is 0. The lowest BCUT2D eigenvalue weighted by Crippen LogP contribution is -2.54. The van der Waals surface area contributed by atoms with Gasteiger partial charge in [-0.25, -0.2) is 0 Å². The first kappa shape index (κ1) is 19.6. The van der Waals surface area contributed by atoms with Crippen molar-refractivity contribution in [2.45, 2.75) is 50.5 Å². The van der Waals surface area contributed by atoms with Crippen LogP contribution in [0.3, 0.4) is 0 Å². The van der Waals surface area contributed by atoms with Gasteiger partial charge in [-0.05, 0) is 90.8 Å². The molecule has 4 saturated carbocycles. The van der Waals surface area contributed by atoms with E-state index in [0.29, 0.717) is 5.78 Å². The predicted octanol–water partition coefficient (Wildman–Crippen LogP) is 6.53. The number of carbonyl (C=O) groups excluding carboxylic acids is 1. The third-order valence-electron chi connectivity index (χ3n) is 9.09. The fourth-order valence-corrected chi connectivity index (χ4v) is 8.13. The molecule has 0 spiro atoms. The second-order valence-corrected chi connectivity index (χ2v) is 11.0. The molecule has 0 saturated heterocycles. The molecule has 4 aliphatic carbocycles. The van der Waals surface area contributed by atoms with Crippen molar-refractivity contribution in [1.29, 1.82) is 0 Å². The molecule has 0 aromatic heterocycles. The van der Waals surface area contributed by atoms with E-state index in [2.05, 4.69) is 48.5 Å². The Balaban J connectivity index is 1.35. The molecule has 1 heterocycles. The Morgan fingerprint density at radius 1 is 0.879 bits per heavy atom. The normalized spacial score (nSPS) is 33.7. The number of ketones is 1. The number of fused-ring (bicyclic) bond motifs is 3. The van der Waals surface area contributed by atoms with Crippen molar-refractivity contribution in [3.8, 4) is 11.5 Å². The second-order valence-electron chi connectivity index (χ2n) is 11.0. The summed E-state index contributed by atoms with van der Waals surface area (Å²) in [5, 5.41) is 2.39. The Kier molecular flexibility index (Phi) is 4.22. The van der Waals surface area contributed by atoms with Crippen LogP contribution in [0, 0.1) is 23.2 Å². The van der Waals surface area contributed by atoms with Crippen LogP contribution in [0.4, 0.5) is 0 Å². The standard InChI is InChI=1S/C30H30O3/c1-32-23-9-6-22(7-10-23)26-27-24-5-3-2-4-21(24)8-11-25(27)33-28(26)29(31)30-15-18-12-19(16-30)14-20(13-18)17-30/h2-11,18-20,26,28H,12-17H2,1H3/t18?,19?,20?,26-,28-,30?/m0/s1. The molecule has 33 heavy (non-hydrogen) atoms. The monoisotopic (exact) mass is 438 g/mol. The van der Waals surface area contributed by atoms with Crippen molar-refractivity contribution in [3.05, 3.63) is 71.8 Å². The van der Waals surface area contributed by atoms with Gasteiger partial charge in [-0.1, -0.05) is 42.5 Å². The number of benzene rings is 3. The fraction of sp³-hybridized carbons (Fsp3) is 0.433. The summed E-state index contributed by atoms with van der Waals surface area (Å²) in [4.78, 5) is 14.5. The molecule has 3 nitrogen and oxygen atoms in total. The highest BCUT2D eigenvalue weighted by atomic mass is 16.5. The Morgan fingerprint density at radius 3 is 2.21 bits per heavy atom. The van der Waals surface area contributed by atoms with Crippen molar-refractivity contribution in [2.24, 2.45) is 23.2 Å². The summed E-state index contributed by atoms with van der Waals surface area (Å²) in [6, 6.07) is 20.9. The van der Waals surface area contributed by atoms with Crippen LogP contribution >= 0.6 is 0 Å². The molecular formula is C30H30O3. The zero-order chi connectivity index (χ0) is 22.2. The zero-order valence-electron chi connectivity index (χ0n) is 19.1. The Labute approximate surface area is 195 Å². The third-order valence-corrected chi connectivity index (χ3v) is 9.09. The molecule has 5 aliphatic rings. The van der Waals surface area contributed by atoms with Crippen molar-refractivity contribution in [3.63, 3.8) is 0 Å². The molecule has 2 atom stereocenters. The van der Waals surface area contributed by atoms with E-state index >= 15 is 0 Å². The largest absolute Gasteiger partial charge is 0.497 e. The minimum Gasteiger partial charge on any atom is -0.497 e. The van der Waals surface area contributed by atoms with E-state index < -0.39 is 6.10 Å². The van der Waals surface area contributed by atoms with Crippen LogP contribution in [0.1, 0.15) is 55.6 Å². The summed E-state index contributed by atoms with van der Waals surface area (Å²) in [7, 11) is 1.69. The Bertz CT molecular complexity index is 1210. The van der Waals surface area contributed by atoms with Gasteiger partial charge in [0.25, 0.3) is 0 Å². The van der Waals surface area contributed by atoms with Crippen molar-refractivity contribution >= 4 is 16.6 Å². The number of rotatable bonds is 4. The van der Waals surface area contributed by atoms with Crippen molar-refractivity contribution in [1.82, 2.24) is 0 Å². The molecule has 0 unspecified atom stereocenters. The van der Waals surface area contributed by atoms with Gasteiger partial charge in [0.15, 0.2) is 11.9 Å². The number of hydrogen-bond donors (Lipinski definition) is 0. The van der Waals surface area contributed by atoms with E-state index in [4.69, 9.17) is 9.47 Å². The maximum Gasteiger partial charge on any atom is 0.180 e. The maximum atomic E-state index is 14.5. The number of ether oxygens (including phenoxy) is 2. The molecule has 0 N–H and O–H groups in total. The van der Waals surface area contributed by atoms with Gasteiger partial charge < -0.3 is 9.47 Å². The van der Waals surface area contributed by atoms with E-state index in [0.717, 1.165) is 54.1 Å². The maximum absolute atomic E-state index is 14.5. The molecule has 0 amide bonds. The predicted molar refractivity (Wildman–Crippen MR) is 129 cm³/mol. The van der Waals surface area contributed by atoms with Crippen LogP contribution < -0.4 is 9.47 Å². The lowest BCUT2D eigenvalue weighted by atomic mass is 9.48. The van der Waals surface area contributed by atoms with Gasteiger partial charge in [0.05, 0.1) is 13.0 Å². The van der Waals surface area contributed by atoms with Gasteiger partial charge >= 0.3 is 0 Å². The smallest absolute Gasteiger partial charge is 0.180 e. The van der Waals surface area contributed by atoms with E-state index in [1.165, 1.54) is 35.6 Å². The molecule has 3 aromatic carbocycles. The number of hydrogen-bond acceptors (Lipinski definition) is 3. The first-order chi connectivity index (χ1) is 16.1. The molecular weight excluding hydrogens is 408 g/mol. The molecule has 3 aromatic rings. The average Bonchev–Trinajstić information content (AvgIpc) is 3.23. The van der Waals surface area contributed by atoms with Gasteiger partial charge in [0.2, 0.25) is 0 Å². The molecule has 0 radical (unpaired) electrons.